The Kier molecular flexibility index (Phi) is 6.56. The van der Waals surface area contributed by atoms with Gasteiger partial charge in [0.25, 0.3) is 5.91 Å². The highest BCUT2D eigenvalue weighted by Gasteiger charge is 2.10. The zero-order valence-electron chi connectivity index (χ0n) is 12.5. The smallest absolute Gasteiger partial charge is 0.271 e. The molecule has 0 radical (unpaired) electrons. The van der Waals surface area contributed by atoms with Crippen molar-refractivity contribution in [3.63, 3.8) is 0 Å². The Hall–Kier alpha value is -2.04. The van der Waals surface area contributed by atoms with E-state index in [1.54, 1.807) is 25.3 Å². The van der Waals surface area contributed by atoms with Gasteiger partial charge in [0.2, 0.25) is 0 Å². The number of rotatable bonds is 7. The highest BCUT2D eigenvalue weighted by Crippen LogP contribution is 2.27. The summed E-state index contributed by atoms with van der Waals surface area (Å²) in [7, 11) is 3.09. The quantitative estimate of drug-likeness (QED) is 0.616. The van der Waals surface area contributed by atoms with E-state index in [2.05, 4.69) is 17.5 Å². The molecule has 5 nitrogen and oxygen atoms in total. The Labute approximate surface area is 120 Å². The minimum atomic E-state index is -0.262. The van der Waals surface area contributed by atoms with Gasteiger partial charge in [-0.1, -0.05) is 13.3 Å². The van der Waals surface area contributed by atoms with Crippen LogP contribution in [-0.4, -0.2) is 25.8 Å². The number of methoxy groups -OCH3 is 2. The van der Waals surface area contributed by atoms with Crippen LogP contribution < -0.4 is 14.9 Å². The van der Waals surface area contributed by atoms with Gasteiger partial charge in [-0.2, -0.15) is 5.10 Å². The van der Waals surface area contributed by atoms with E-state index >= 15 is 0 Å². The molecule has 0 spiro atoms. The topological polar surface area (TPSA) is 59.9 Å². The van der Waals surface area contributed by atoms with Gasteiger partial charge in [-0.25, -0.2) is 5.43 Å². The third kappa shape index (κ3) is 4.57. The predicted molar refractivity (Wildman–Crippen MR) is 79.6 cm³/mol. The molecular formula is C15H22N2O3. The summed E-state index contributed by atoms with van der Waals surface area (Å²) in [5, 5.41) is 4.08. The van der Waals surface area contributed by atoms with Gasteiger partial charge in [0.05, 0.1) is 14.2 Å². The monoisotopic (exact) mass is 278 g/mol. The van der Waals surface area contributed by atoms with Gasteiger partial charge in [0, 0.05) is 11.3 Å². The number of hydrazone groups is 1. The van der Waals surface area contributed by atoms with E-state index in [-0.39, 0.29) is 5.91 Å². The molecule has 0 aromatic heterocycles. The van der Waals surface area contributed by atoms with Crippen LogP contribution in [0.4, 0.5) is 0 Å². The molecule has 110 valence electrons. The highest BCUT2D eigenvalue weighted by atomic mass is 16.5. The third-order valence-corrected chi connectivity index (χ3v) is 2.89. The van der Waals surface area contributed by atoms with Gasteiger partial charge >= 0.3 is 0 Å². The van der Waals surface area contributed by atoms with Crippen LogP contribution in [0.2, 0.25) is 0 Å². The van der Waals surface area contributed by atoms with Crippen molar-refractivity contribution in [3.05, 3.63) is 23.8 Å². The average Bonchev–Trinajstić information content (AvgIpc) is 2.49. The molecule has 0 bridgehead atoms. The number of benzene rings is 1. The van der Waals surface area contributed by atoms with E-state index in [0.717, 1.165) is 25.0 Å². The number of hydrogen-bond acceptors (Lipinski definition) is 4. The van der Waals surface area contributed by atoms with Gasteiger partial charge in [0.1, 0.15) is 0 Å². The van der Waals surface area contributed by atoms with Gasteiger partial charge in [-0.05, 0) is 38.0 Å². The van der Waals surface area contributed by atoms with Crippen molar-refractivity contribution < 1.29 is 14.3 Å². The number of nitrogens with zero attached hydrogens (tertiary/aromatic N) is 1. The van der Waals surface area contributed by atoms with E-state index in [9.17, 15) is 4.79 Å². The van der Waals surface area contributed by atoms with E-state index in [4.69, 9.17) is 9.47 Å². The Morgan fingerprint density at radius 1 is 1.25 bits per heavy atom. The average molecular weight is 278 g/mol. The number of carbonyl (C=O) groups excluding carboxylic acids is 1. The van der Waals surface area contributed by atoms with Crippen molar-refractivity contribution in [3.8, 4) is 11.5 Å². The largest absolute Gasteiger partial charge is 0.493 e. The van der Waals surface area contributed by atoms with Crippen LogP contribution >= 0.6 is 0 Å². The first-order valence-electron chi connectivity index (χ1n) is 6.67. The lowest BCUT2D eigenvalue weighted by Crippen LogP contribution is -2.19. The van der Waals surface area contributed by atoms with Gasteiger partial charge in [-0.3, -0.25) is 4.79 Å². The Balaban J connectivity index is 2.73. The molecule has 0 aliphatic rings. The molecule has 1 amide bonds. The van der Waals surface area contributed by atoms with Crippen LogP contribution in [0.25, 0.3) is 0 Å². The van der Waals surface area contributed by atoms with Gasteiger partial charge in [0.15, 0.2) is 11.5 Å². The van der Waals surface area contributed by atoms with Crippen LogP contribution in [-0.2, 0) is 0 Å². The molecule has 1 aromatic carbocycles. The van der Waals surface area contributed by atoms with Crippen molar-refractivity contribution in [1.82, 2.24) is 5.43 Å². The standard InChI is InChI=1S/C15H22N2O3/c1-5-6-7-11(2)16-17-15(18)12-8-9-13(19-3)14(10-12)20-4/h8-10H,5-7H2,1-4H3,(H,17,18)/b16-11+. The minimum Gasteiger partial charge on any atom is -0.493 e. The summed E-state index contributed by atoms with van der Waals surface area (Å²) in [4.78, 5) is 12.0. The van der Waals surface area contributed by atoms with Crippen LogP contribution in [0.5, 0.6) is 11.5 Å². The molecule has 0 saturated carbocycles. The molecule has 0 aliphatic carbocycles. The molecule has 0 saturated heterocycles. The fraction of sp³-hybridized carbons (Fsp3) is 0.467. The lowest BCUT2D eigenvalue weighted by Gasteiger charge is -2.09. The van der Waals surface area contributed by atoms with Crippen LogP contribution in [0, 0.1) is 0 Å². The van der Waals surface area contributed by atoms with Crippen molar-refractivity contribution >= 4 is 11.6 Å². The molecule has 0 atom stereocenters. The summed E-state index contributed by atoms with van der Waals surface area (Å²) < 4.78 is 10.3. The normalized spacial score (nSPS) is 11.1. The van der Waals surface area contributed by atoms with E-state index in [0.29, 0.717) is 17.1 Å². The Bertz CT molecular complexity index is 484. The first-order valence-corrected chi connectivity index (χ1v) is 6.67. The van der Waals surface area contributed by atoms with E-state index < -0.39 is 0 Å². The zero-order chi connectivity index (χ0) is 15.0. The lowest BCUT2D eigenvalue weighted by atomic mass is 10.2. The minimum absolute atomic E-state index is 0.262. The van der Waals surface area contributed by atoms with Crippen molar-refractivity contribution in [2.75, 3.05) is 14.2 Å². The first-order chi connectivity index (χ1) is 9.62. The fourth-order valence-electron chi connectivity index (χ4n) is 1.68. The summed E-state index contributed by atoms with van der Waals surface area (Å²) >= 11 is 0. The molecule has 1 aromatic rings. The SMILES string of the molecule is CCCC/C(C)=N/NC(=O)c1ccc(OC)c(OC)c1. The molecule has 0 fully saturated rings. The number of nitrogens with one attached hydrogen (secondary N) is 1. The number of hydrogen-bond donors (Lipinski definition) is 1. The van der Waals surface area contributed by atoms with E-state index in [1.165, 1.54) is 7.11 Å². The summed E-state index contributed by atoms with van der Waals surface area (Å²) in [5.41, 5.74) is 3.95. The molecule has 0 unspecified atom stereocenters. The molecule has 0 heterocycles. The molecule has 1 N–H and O–H groups in total. The molecule has 5 heteroatoms. The lowest BCUT2D eigenvalue weighted by molar-refractivity contribution is 0.0954. The predicted octanol–water partition coefficient (Wildman–Crippen LogP) is 3.00. The Morgan fingerprint density at radius 2 is 1.95 bits per heavy atom. The molecule has 0 aliphatic heterocycles. The van der Waals surface area contributed by atoms with Crippen LogP contribution in [0.3, 0.4) is 0 Å². The number of amides is 1. The summed E-state index contributed by atoms with van der Waals surface area (Å²) in [6.45, 7) is 4.03. The summed E-state index contributed by atoms with van der Waals surface area (Å²) in [6, 6.07) is 5.00. The van der Waals surface area contributed by atoms with Crippen LogP contribution in [0.15, 0.2) is 23.3 Å². The highest BCUT2D eigenvalue weighted by molar-refractivity contribution is 5.95. The number of ether oxygens (including phenoxy) is 2. The van der Waals surface area contributed by atoms with Gasteiger partial charge in [-0.15, -0.1) is 0 Å². The van der Waals surface area contributed by atoms with Crippen LogP contribution in [0.1, 0.15) is 43.5 Å². The molecule has 20 heavy (non-hydrogen) atoms. The van der Waals surface area contributed by atoms with Crippen molar-refractivity contribution in [2.45, 2.75) is 33.1 Å². The maximum Gasteiger partial charge on any atom is 0.271 e. The van der Waals surface area contributed by atoms with Crippen molar-refractivity contribution in [1.29, 1.82) is 0 Å². The maximum absolute atomic E-state index is 12.0. The number of carbonyl (C=O) groups is 1. The first kappa shape index (κ1) is 16.0. The second kappa shape index (κ2) is 8.19. The number of unbranched alkanes of at least 4 members (excludes halogenated alkanes) is 1. The third-order valence-electron chi connectivity index (χ3n) is 2.89. The van der Waals surface area contributed by atoms with E-state index in [1.807, 2.05) is 6.92 Å². The molecule has 1 rings (SSSR count). The second-order valence-corrected chi connectivity index (χ2v) is 4.46. The zero-order valence-corrected chi connectivity index (χ0v) is 12.5. The maximum atomic E-state index is 12.0. The van der Waals surface area contributed by atoms with Gasteiger partial charge < -0.3 is 9.47 Å². The van der Waals surface area contributed by atoms with Crippen molar-refractivity contribution in [2.24, 2.45) is 5.10 Å². The summed E-state index contributed by atoms with van der Waals surface area (Å²) in [5.74, 6) is 0.848. The molecular weight excluding hydrogens is 256 g/mol. The Morgan fingerprint density at radius 3 is 2.55 bits per heavy atom. The fourth-order valence-corrected chi connectivity index (χ4v) is 1.68. The second-order valence-electron chi connectivity index (χ2n) is 4.46. The summed E-state index contributed by atoms with van der Waals surface area (Å²) in [6.07, 6.45) is 3.07.